The molecule has 26 heavy (non-hydrogen) atoms. The van der Waals surface area contributed by atoms with Crippen LogP contribution in [-0.4, -0.2) is 25.2 Å². The lowest BCUT2D eigenvalue weighted by Crippen LogP contribution is -2.40. The summed E-state index contributed by atoms with van der Waals surface area (Å²) in [4.78, 5) is 12.5. The van der Waals surface area contributed by atoms with Crippen molar-refractivity contribution in [3.05, 3.63) is 65.2 Å². The molecule has 0 radical (unpaired) electrons. The molecule has 1 atom stereocenters. The third-order valence-corrected chi connectivity index (χ3v) is 5.94. The van der Waals surface area contributed by atoms with Gasteiger partial charge in [-0.25, -0.2) is 22.9 Å². The van der Waals surface area contributed by atoms with E-state index in [-0.39, 0.29) is 16.0 Å². The number of carbonyl (C=O) groups is 1. The first-order valence-corrected chi connectivity index (χ1v) is 10.0. The molecule has 1 heterocycles. The van der Waals surface area contributed by atoms with Gasteiger partial charge in [0.2, 0.25) is 0 Å². The van der Waals surface area contributed by atoms with Crippen molar-refractivity contribution in [3.8, 4) is 0 Å². The highest BCUT2D eigenvalue weighted by Crippen LogP contribution is 2.31. The molecule has 0 unspecified atom stereocenters. The third-order valence-electron chi connectivity index (χ3n) is 4.12. The monoisotopic (exact) mass is 391 g/mol. The Balaban J connectivity index is 1.87. The van der Waals surface area contributed by atoms with E-state index < -0.39 is 16.1 Å². The van der Waals surface area contributed by atoms with Crippen LogP contribution in [0.5, 0.6) is 0 Å². The van der Waals surface area contributed by atoms with E-state index in [9.17, 15) is 13.2 Å². The van der Waals surface area contributed by atoms with Crippen molar-refractivity contribution >= 4 is 33.4 Å². The van der Waals surface area contributed by atoms with Crippen LogP contribution in [0.3, 0.4) is 0 Å². The van der Waals surface area contributed by atoms with Crippen LogP contribution >= 0.6 is 11.6 Å². The molecule has 1 aliphatic heterocycles. The van der Waals surface area contributed by atoms with Gasteiger partial charge < -0.3 is 0 Å². The molecular formula is C18H18ClN3O3S. The maximum atomic E-state index is 12.7. The second-order valence-electron chi connectivity index (χ2n) is 5.84. The van der Waals surface area contributed by atoms with Gasteiger partial charge in [0.25, 0.3) is 10.0 Å². The summed E-state index contributed by atoms with van der Waals surface area (Å²) >= 11 is 5.95. The van der Waals surface area contributed by atoms with Crippen LogP contribution in [0.25, 0.3) is 0 Å². The minimum Gasteiger partial charge on any atom is -0.245 e. The molecule has 0 aromatic heterocycles. The van der Waals surface area contributed by atoms with Gasteiger partial charge in [0, 0.05) is 12.1 Å². The lowest BCUT2D eigenvalue weighted by Gasteiger charge is -2.22. The molecule has 8 heteroatoms. The van der Waals surface area contributed by atoms with Gasteiger partial charge in [-0.05, 0) is 24.1 Å². The number of hydrogen-bond acceptors (Lipinski definition) is 4. The van der Waals surface area contributed by atoms with E-state index in [4.69, 9.17) is 11.6 Å². The van der Waals surface area contributed by atoms with E-state index in [2.05, 4.69) is 9.82 Å². The van der Waals surface area contributed by atoms with Gasteiger partial charge in [0.05, 0.1) is 11.1 Å². The van der Waals surface area contributed by atoms with Gasteiger partial charge in [-0.2, -0.15) is 5.10 Å². The number of amides is 2. The summed E-state index contributed by atoms with van der Waals surface area (Å²) in [5.74, 6) is 0. The fraction of sp³-hybridized carbons (Fsp3) is 0.222. The average molecular weight is 392 g/mol. The number of hydrazone groups is 1. The maximum absolute atomic E-state index is 12.7. The Kier molecular flexibility index (Phi) is 5.29. The summed E-state index contributed by atoms with van der Waals surface area (Å²) in [7, 11) is -4.10. The van der Waals surface area contributed by atoms with Gasteiger partial charge in [-0.15, -0.1) is 0 Å². The molecule has 2 aromatic rings. The predicted molar refractivity (Wildman–Crippen MR) is 101 cm³/mol. The summed E-state index contributed by atoms with van der Waals surface area (Å²) in [6, 6.07) is 14.2. The Labute approximate surface area is 157 Å². The third kappa shape index (κ3) is 3.73. The lowest BCUT2D eigenvalue weighted by molar-refractivity contribution is 0.192. The van der Waals surface area contributed by atoms with Crippen LogP contribution in [0.15, 0.2) is 64.6 Å². The van der Waals surface area contributed by atoms with Gasteiger partial charge in [-0.1, -0.05) is 61.0 Å². The van der Waals surface area contributed by atoms with Crippen molar-refractivity contribution in [1.29, 1.82) is 0 Å². The minimum absolute atomic E-state index is 0.0478. The average Bonchev–Trinajstić information content (AvgIpc) is 3.07. The van der Waals surface area contributed by atoms with Crippen LogP contribution in [0.2, 0.25) is 5.02 Å². The molecule has 1 aliphatic rings. The predicted octanol–water partition coefficient (Wildman–Crippen LogP) is 3.95. The summed E-state index contributed by atoms with van der Waals surface area (Å²) < 4.78 is 27.1. The number of halogens is 1. The van der Waals surface area contributed by atoms with E-state index in [0.29, 0.717) is 12.8 Å². The number of rotatable bonds is 4. The molecule has 2 amide bonds. The Morgan fingerprint density at radius 3 is 2.50 bits per heavy atom. The van der Waals surface area contributed by atoms with Crippen molar-refractivity contribution < 1.29 is 13.2 Å². The molecule has 3 rings (SSSR count). The van der Waals surface area contributed by atoms with Crippen molar-refractivity contribution in [3.63, 3.8) is 0 Å². The molecule has 136 valence electrons. The van der Waals surface area contributed by atoms with E-state index >= 15 is 0 Å². The first-order chi connectivity index (χ1) is 12.4. The number of nitrogens with zero attached hydrogens (tertiary/aromatic N) is 2. The summed E-state index contributed by atoms with van der Waals surface area (Å²) in [5, 5.41) is 5.55. The van der Waals surface area contributed by atoms with Gasteiger partial charge in [0.15, 0.2) is 0 Å². The number of sulfonamides is 1. The summed E-state index contributed by atoms with van der Waals surface area (Å²) in [6.07, 6.45) is 1.25. The second-order valence-corrected chi connectivity index (χ2v) is 7.89. The van der Waals surface area contributed by atoms with Crippen LogP contribution in [-0.2, 0) is 10.0 Å². The fourth-order valence-corrected chi connectivity index (χ4v) is 4.24. The Morgan fingerprint density at radius 2 is 1.85 bits per heavy atom. The summed E-state index contributed by atoms with van der Waals surface area (Å²) in [6.45, 7) is 1.95. The van der Waals surface area contributed by atoms with Crippen LogP contribution in [0.1, 0.15) is 31.4 Å². The van der Waals surface area contributed by atoms with E-state index in [1.807, 2.05) is 37.3 Å². The highest BCUT2D eigenvalue weighted by molar-refractivity contribution is 7.90. The first kappa shape index (κ1) is 18.4. The molecule has 0 fully saturated rings. The largest absolute Gasteiger partial charge is 0.352 e. The van der Waals surface area contributed by atoms with Crippen molar-refractivity contribution in [1.82, 2.24) is 9.73 Å². The second kappa shape index (κ2) is 7.47. The molecule has 0 spiro atoms. The molecule has 2 aromatic carbocycles. The van der Waals surface area contributed by atoms with Gasteiger partial charge in [-0.3, -0.25) is 0 Å². The molecular weight excluding hydrogens is 374 g/mol. The maximum Gasteiger partial charge on any atom is 0.352 e. The van der Waals surface area contributed by atoms with Crippen molar-refractivity contribution in [2.75, 3.05) is 0 Å². The number of hydrogen-bond donors (Lipinski definition) is 1. The Hall–Kier alpha value is -2.38. The van der Waals surface area contributed by atoms with Crippen LogP contribution in [0.4, 0.5) is 4.79 Å². The highest BCUT2D eigenvalue weighted by Gasteiger charge is 2.34. The normalized spacial score (nSPS) is 17.1. The van der Waals surface area contributed by atoms with Crippen molar-refractivity contribution in [2.45, 2.75) is 30.7 Å². The van der Waals surface area contributed by atoms with Crippen LogP contribution < -0.4 is 4.72 Å². The molecule has 0 saturated carbocycles. The van der Waals surface area contributed by atoms with Gasteiger partial charge in [0.1, 0.15) is 4.90 Å². The quantitative estimate of drug-likeness (QED) is 0.856. The highest BCUT2D eigenvalue weighted by atomic mass is 35.5. The first-order valence-electron chi connectivity index (χ1n) is 8.14. The Morgan fingerprint density at radius 1 is 1.19 bits per heavy atom. The zero-order valence-corrected chi connectivity index (χ0v) is 15.7. The zero-order valence-electron chi connectivity index (χ0n) is 14.1. The summed E-state index contributed by atoms with van der Waals surface area (Å²) in [5.41, 5.74) is 1.73. The fourth-order valence-electron chi connectivity index (χ4n) is 2.79. The smallest absolute Gasteiger partial charge is 0.245 e. The lowest BCUT2D eigenvalue weighted by atomic mass is 10.0. The SMILES string of the molecule is CCC1=NN(C(=O)NS(=O)(=O)c2ccccc2Cl)[C@H](c2ccccc2)C1. The molecule has 0 bridgehead atoms. The Bertz CT molecular complexity index is 945. The molecule has 6 nitrogen and oxygen atoms in total. The van der Waals surface area contributed by atoms with Gasteiger partial charge >= 0.3 is 6.03 Å². The van der Waals surface area contributed by atoms with Crippen molar-refractivity contribution in [2.24, 2.45) is 5.10 Å². The topological polar surface area (TPSA) is 78.8 Å². The van der Waals surface area contributed by atoms with Crippen LogP contribution in [0, 0.1) is 0 Å². The number of benzene rings is 2. The van der Waals surface area contributed by atoms with E-state index in [1.54, 1.807) is 12.1 Å². The zero-order chi connectivity index (χ0) is 18.7. The molecule has 0 aliphatic carbocycles. The number of urea groups is 1. The standard InChI is InChI=1S/C18H18ClN3O3S/c1-2-14-12-16(13-8-4-3-5-9-13)22(20-14)18(23)21-26(24,25)17-11-7-6-10-15(17)19/h3-11,16H,2,12H2,1H3,(H,21,23)/t16-/m0/s1. The minimum atomic E-state index is -4.10. The number of carbonyl (C=O) groups excluding carboxylic acids is 1. The van der Waals surface area contributed by atoms with E-state index in [1.165, 1.54) is 17.1 Å². The molecule has 1 N–H and O–H groups in total. The number of nitrogens with one attached hydrogen (secondary N) is 1. The molecule has 0 saturated heterocycles. The van der Waals surface area contributed by atoms with E-state index in [0.717, 1.165) is 11.3 Å².